The van der Waals surface area contributed by atoms with Crippen molar-refractivity contribution >= 4 is 11.6 Å². The van der Waals surface area contributed by atoms with Gasteiger partial charge in [0.15, 0.2) is 0 Å². The van der Waals surface area contributed by atoms with Crippen molar-refractivity contribution in [3.8, 4) is 11.1 Å². The zero-order chi connectivity index (χ0) is 21.8. The molecule has 1 heterocycles. The van der Waals surface area contributed by atoms with Crippen LogP contribution in [0.3, 0.4) is 0 Å². The van der Waals surface area contributed by atoms with Gasteiger partial charge in [-0.1, -0.05) is 42.5 Å². The van der Waals surface area contributed by atoms with E-state index in [-0.39, 0.29) is 17.9 Å². The molecule has 1 fully saturated rings. The van der Waals surface area contributed by atoms with E-state index in [2.05, 4.69) is 12.1 Å². The summed E-state index contributed by atoms with van der Waals surface area (Å²) >= 11 is 0. The number of aliphatic hydroxyl groups excluding tert-OH is 1. The summed E-state index contributed by atoms with van der Waals surface area (Å²) in [6.45, 7) is 0.631. The minimum Gasteiger partial charge on any atom is -0.396 e. The number of nitrogens with zero attached hydrogens (tertiary/aromatic N) is 1. The van der Waals surface area contributed by atoms with Crippen molar-refractivity contribution in [2.45, 2.75) is 31.1 Å². The highest BCUT2D eigenvalue weighted by Crippen LogP contribution is 2.41. The van der Waals surface area contributed by atoms with Crippen LogP contribution in [0.15, 0.2) is 72.8 Å². The lowest BCUT2D eigenvalue weighted by atomic mass is 9.69. The molecule has 1 N–H and O–H groups in total. The Morgan fingerprint density at radius 3 is 2.48 bits per heavy atom. The second-order valence-corrected chi connectivity index (χ2v) is 8.12. The molecule has 0 aliphatic carbocycles. The van der Waals surface area contributed by atoms with Gasteiger partial charge in [-0.15, -0.1) is 0 Å². The quantitative estimate of drug-likeness (QED) is 0.573. The topological polar surface area (TPSA) is 40.5 Å². The molecule has 0 bridgehead atoms. The zero-order valence-electron chi connectivity index (χ0n) is 17.2. The van der Waals surface area contributed by atoms with Crippen molar-refractivity contribution in [2.24, 2.45) is 0 Å². The van der Waals surface area contributed by atoms with Crippen LogP contribution in [-0.2, 0) is 10.2 Å². The summed E-state index contributed by atoms with van der Waals surface area (Å²) in [4.78, 5) is 15.0. The van der Waals surface area contributed by atoms with E-state index in [9.17, 15) is 18.7 Å². The summed E-state index contributed by atoms with van der Waals surface area (Å²) < 4.78 is 27.5. The maximum atomic E-state index is 14.3. The van der Waals surface area contributed by atoms with E-state index in [0.29, 0.717) is 36.2 Å². The van der Waals surface area contributed by atoms with Gasteiger partial charge in [-0.2, -0.15) is 0 Å². The van der Waals surface area contributed by atoms with E-state index in [1.54, 1.807) is 23.1 Å². The molecule has 1 atom stereocenters. The molecule has 0 radical (unpaired) electrons. The van der Waals surface area contributed by atoms with Gasteiger partial charge in [-0.25, -0.2) is 8.78 Å². The van der Waals surface area contributed by atoms with Gasteiger partial charge in [-0.3, -0.25) is 4.79 Å². The predicted octanol–water partition coefficient (Wildman–Crippen LogP) is 5.47. The highest BCUT2D eigenvalue weighted by atomic mass is 19.1. The highest BCUT2D eigenvalue weighted by Gasteiger charge is 2.40. The number of benzene rings is 3. The third-order valence-corrected chi connectivity index (χ3v) is 6.20. The summed E-state index contributed by atoms with van der Waals surface area (Å²) in [5, 5.41) is 9.38. The van der Waals surface area contributed by atoms with Crippen LogP contribution < -0.4 is 4.90 Å². The number of halogens is 2. The Kier molecular flexibility index (Phi) is 6.14. The lowest BCUT2D eigenvalue weighted by Gasteiger charge is -2.42. The summed E-state index contributed by atoms with van der Waals surface area (Å²) in [5.74, 6) is -1.25. The SMILES string of the molecule is O=C1CC(CCCO)(c2ccccc2)CCN1c1cccc(-c2ccc(F)cc2F)c1. The summed E-state index contributed by atoms with van der Waals surface area (Å²) in [5.41, 5.74) is 2.43. The third kappa shape index (κ3) is 4.37. The van der Waals surface area contributed by atoms with E-state index >= 15 is 0 Å². The van der Waals surface area contributed by atoms with Crippen molar-refractivity contribution < 1.29 is 18.7 Å². The standard InChI is InChI=1S/C26H25F2NO2/c27-21-10-11-23(24(28)17-21)19-6-4-9-22(16-19)29-14-13-26(12-5-15-30,18-25(29)31)20-7-2-1-3-8-20/h1-4,6-11,16-17,30H,5,12-15,18H2. The van der Waals surface area contributed by atoms with Crippen LogP contribution in [0.5, 0.6) is 0 Å². The van der Waals surface area contributed by atoms with Gasteiger partial charge >= 0.3 is 0 Å². The van der Waals surface area contributed by atoms with Crippen LogP contribution in [0.2, 0.25) is 0 Å². The van der Waals surface area contributed by atoms with E-state index in [0.717, 1.165) is 24.5 Å². The van der Waals surface area contributed by atoms with E-state index in [4.69, 9.17) is 0 Å². The Morgan fingerprint density at radius 1 is 0.968 bits per heavy atom. The molecule has 1 aliphatic heterocycles. The lowest BCUT2D eigenvalue weighted by Crippen LogP contribution is -2.46. The summed E-state index contributed by atoms with van der Waals surface area (Å²) in [6.07, 6.45) is 2.51. The maximum absolute atomic E-state index is 14.3. The first-order valence-corrected chi connectivity index (χ1v) is 10.5. The van der Waals surface area contributed by atoms with Crippen molar-refractivity contribution in [3.63, 3.8) is 0 Å². The molecule has 0 aromatic heterocycles. The average Bonchev–Trinajstić information content (AvgIpc) is 2.78. The largest absolute Gasteiger partial charge is 0.396 e. The van der Waals surface area contributed by atoms with Crippen LogP contribution >= 0.6 is 0 Å². The monoisotopic (exact) mass is 421 g/mol. The van der Waals surface area contributed by atoms with Gasteiger partial charge in [0.05, 0.1) is 0 Å². The van der Waals surface area contributed by atoms with Crippen LogP contribution in [-0.4, -0.2) is 24.2 Å². The molecule has 31 heavy (non-hydrogen) atoms. The van der Waals surface area contributed by atoms with E-state index in [1.807, 2.05) is 24.3 Å². The molecule has 160 valence electrons. The maximum Gasteiger partial charge on any atom is 0.227 e. The fourth-order valence-electron chi connectivity index (χ4n) is 4.58. The van der Waals surface area contributed by atoms with Gasteiger partial charge in [-0.05, 0) is 54.7 Å². The summed E-state index contributed by atoms with van der Waals surface area (Å²) in [6, 6.07) is 20.7. The number of hydrogen-bond acceptors (Lipinski definition) is 2. The van der Waals surface area contributed by atoms with Crippen LogP contribution in [0.25, 0.3) is 11.1 Å². The van der Waals surface area contributed by atoms with Crippen molar-refractivity contribution in [3.05, 3.63) is 90.0 Å². The van der Waals surface area contributed by atoms with Crippen molar-refractivity contribution in [1.29, 1.82) is 0 Å². The summed E-state index contributed by atoms with van der Waals surface area (Å²) in [7, 11) is 0. The van der Waals surface area contributed by atoms with Gasteiger partial charge in [0.1, 0.15) is 11.6 Å². The van der Waals surface area contributed by atoms with Crippen LogP contribution in [0.4, 0.5) is 14.5 Å². The Balaban J connectivity index is 1.61. The van der Waals surface area contributed by atoms with Gasteiger partial charge in [0, 0.05) is 42.3 Å². The Morgan fingerprint density at radius 2 is 1.77 bits per heavy atom. The van der Waals surface area contributed by atoms with Crippen LogP contribution in [0.1, 0.15) is 31.2 Å². The number of carbonyl (C=O) groups excluding carboxylic acids is 1. The molecule has 3 aromatic carbocycles. The highest BCUT2D eigenvalue weighted by molar-refractivity contribution is 5.96. The first kappa shape index (κ1) is 21.2. The number of aliphatic hydroxyl groups is 1. The first-order chi connectivity index (χ1) is 15.0. The fourth-order valence-corrected chi connectivity index (χ4v) is 4.58. The zero-order valence-corrected chi connectivity index (χ0v) is 17.2. The molecule has 0 saturated carbocycles. The van der Waals surface area contributed by atoms with E-state index < -0.39 is 11.6 Å². The smallest absolute Gasteiger partial charge is 0.227 e. The van der Waals surface area contributed by atoms with Gasteiger partial charge in [0.2, 0.25) is 5.91 Å². The molecular weight excluding hydrogens is 396 g/mol. The molecular formula is C26H25F2NO2. The normalized spacial score (nSPS) is 18.9. The molecule has 4 rings (SSSR count). The number of hydrogen-bond donors (Lipinski definition) is 1. The Labute approximate surface area is 181 Å². The molecule has 1 saturated heterocycles. The number of amides is 1. The average molecular weight is 421 g/mol. The second-order valence-electron chi connectivity index (χ2n) is 8.12. The van der Waals surface area contributed by atoms with Crippen molar-refractivity contribution in [2.75, 3.05) is 18.1 Å². The van der Waals surface area contributed by atoms with E-state index in [1.165, 1.54) is 12.1 Å². The van der Waals surface area contributed by atoms with Gasteiger partial charge < -0.3 is 10.0 Å². The molecule has 5 heteroatoms. The Hall–Kier alpha value is -3.05. The number of carbonyl (C=O) groups is 1. The fraction of sp³-hybridized carbons (Fsp3) is 0.269. The minimum absolute atomic E-state index is 0.00442. The number of anilines is 1. The molecule has 3 nitrogen and oxygen atoms in total. The Bertz CT molecular complexity index is 1070. The first-order valence-electron chi connectivity index (χ1n) is 10.5. The number of rotatable bonds is 6. The lowest BCUT2D eigenvalue weighted by molar-refractivity contribution is -0.121. The third-order valence-electron chi connectivity index (χ3n) is 6.20. The number of piperidine rings is 1. The molecule has 3 aromatic rings. The molecule has 1 aliphatic rings. The van der Waals surface area contributed by atoms with Crippen molar-refractivity contribution in [1.82, 2.24) is 0 Å². The predicted molar refractivity (Wildman–Crippen MR) is 118 cm³/mol. The van der Waals surface area contributed by atoms with Gasteiger partial charge in [0.25, 0.3) is 0 Å². The van der Waals surface area contributed by atoms with Crippen LogP contribution in [0, 0.1) is 11.6 Å². The molecule has 0 spiro atoms. The minimum atomic E-state index is -0.630. The molecule has 1 amide bonds. The second kappa shape index (κ2) is 8.98. The molecule has 1 unspecified atom stereocenters.